The van der Waals surface area contributed by atoms with E-state index in [1.807, 2.05) is 27.7 Å². The largest absolute Gasteiger partial charge is 0.354 e. The zero-order valence-corrected chi connectivity index (χ0v) is 18.1. The van der Waals surface area contributed by atoms with Crippen molar-refractivity contribution in [3.63, 3.8) is 0 Å². The highest BCUT2D eigenvalue weighted by atomic mass is 16.2. The van der Waals surface area contributed by atoms with Crippen LogP contribution in [0.3, 0.4) is 0 Å². The lowest BCUT2D eigenvalue weighted by molar-refractivity contribution is -0.125. The van der Waals surface area contributed by atoms with Crippen LogP contribution in [0, 0.1) is 37.0 Å². The molecule has 4 N–H and O–H groups in total. The van der Waals surface area contributed by atoms with Crippen molar-refractivity contribution in [2.75, 3.05) is 0 Å². The van der Waals surface area contributed by atoms with Crippen molar-refractivity contribution in [3.8, 4) is 6.07 Å². The molecule has 3 unspecified atom stereocenters. The Morgan fingerprint density at radius 2 is 1.97 bits per heavy atom. The van der Waals surface area contributed by atoms with E-state index in [4.69, 9.17) is 0 Å². The van der Waals surface area contributed by atoms with Crippen LogP contribution in [0.5, 0.6) is 0 Å². The van der Waals surface area contributed by atoms with Crippen LogP contribution in [0.1, 0.15) is 67.7 Å². The first-order valence-electron chi connectivity index (χ1n) is 10.6. The van der Waals surface area contributed by atoms with Gasteiger partial charge in [0.15, 0.2) is 0 Å². The van der Waals surface area contributed by atoms with E-state index in [-0.39, 0.29) is 35.6 Å². The maximum atomic E-state index is 12.9. The van der Waals surface area contributed by atoms with Crippen molar-refractivity contribution in [2.45, 2.75) is 77.4 Å². The summed E-state index contributed by atoms with van der Waals surface area (Å²) < 4.78 is 0. The van der Waals surface area contributed by atoms with Crippen LogP contribution in [0.4, 0.5) is 0 Å². The van der Waals surface area contributed by atoms with E-state index in [1.165, 1.54) is 0 Å². The number of aryl methyl sites for hydroxylation is 2. The summed E-state index contributed by atoms with van der Waals surface area (Å²) in [7, 11) is 0. The van der Waals surface area contributed by atoms with E-state index >= 15 is 0 Å². The average Bonchev–Trinajstić information content (AvgIpc) is 3.36. The first-order valence-corrected chi connectivity index (χ1v) is 10.6. The van der Waals surface area contributed by atoms with Crippen LogP contribution < -0.4 is 16.0 Å². The highest BCUT2D eigenvalue weighted by molar-refractivity contribution is 5.96. The number of nitrogens with zero attached hydrogens (tertiary/aromatic N) is 1. The third-order valence-electron chi connectivity index (χ3n) is 5.99. The summed E-state index contributed by atoms with van der Waals surface area (Å²) in [6.45, 7) is 7.68. The summed E-state index contributed by atoms with van der Waals surface area (Å²) in [6, 6.07) is 2.36. The van der Waals surface area contributed by atoms with Crippen LogP contribution in [0.25, 0.3) is 0 Å². The van der Waals surface area contributed by atoms with Gasteiger partial charge in [0.05, 0.1) is 6.07 Å². The molecule has 3 atom stereocenters. The molecule has 3 amide bonds. The minimum absolute atomic E-state index is 0.0881. The highest BCUT2D eigenvalue weighted by Crippen LogP contribution is 2.34. The summed E-state index contributed by atoms with van der Waals surface area (Å²) in [4.78, 5) is 40.7. The number of hydrogen-bond donors (Lipinski definition) is 4. The molecule has 3 rings (SSSR count). The lowest BCUT2D eigenvalue weighted by Crippen LogP contribution is -2.50. The molecule has 2 aliphatic rings. The van der Waals surface area contributed by atoms with E-state index in [0.717, 1.165) is 24.1 Å². The smallest absolute Gasteiger partial charge is 0.268 e. The molecule has 8 heteroatoms. The van der Waals surface area contributed by atoms with Crippen molar-refractivity contribution in [3.05, 3.63) is 23.0 Å². The summed E-state index contributed by atoms with van der Waals surface area (Å²) in [5, 5.41) is 18.0. The van der Waals surface area contributed by atoms with Crippen molar-refractivity contribution >= 4 is 17.7 Å². The Balaban J connectivity index is 1.63. The van der Waals surface area contributed by atoms with Crippen LogP contribution in [-0.4, -0.2) is 40.3 Å². The van der Waals surface area contributed by atoms with Crippen molar-refractivity contribution < 1.29 is 14.4 Å². The Morgan fingerprint density at radius 3 is 2.47 bits per heavy atom. The third kappa shape index (κ3) is 5.41. The molecule has 0 spiro atoms. The number of H-pyrrole nitrogens is 1. The van der Waals surface area contributed by atoms with Gasteiger partial charge in [0.1, 0.15) is 17.8 Å². The van der Waals surface area contributed by atoms with E-state index in [2.05, 4.69) is 27.0 Å². The first-order chi connectivity index (χ1) is 14.1. The fourth-order valence-corrected chi connectivity index (χ4v) is 4.02. The van der Waals surface area contributed by atoms with Gasteiger partial charge in [0.2, 0.25) is 11.8 Å². The van der Waals surface area contributed by atoms with Gasteiger partial charge in [-0.15, -0.1) is 0 Å². The number of hydrogen-bond acceptors (Lipinski definition) is 4. The van der Waals surface area contributed by atoms with Gasteiger partial charge in [0, 0.05) is 17.2 Å². The average molecular weight is 414 g/mol. The van der Waals surface area contributed by atoms with Gasteiger partial charge in [0.25, 0.3) is 5.91 Å². The van der Waals surface area contributed by atoms with E-state index in [1.54, 1.807) is 6.07 Å². The number of carbonyl (C=O) groups is 3. The Labute approximate surface area is 177 Å². The number of amides is 3. The molecular formula is C22H31N5O3. The second-order valence-electron chi connectivity index (χ2n) is 9.40. The molecule has 162 valence electrons. The quantitative estimate of drug-likeness (QED) is 0.519. The van der Waals surface area contributed by atoms with E-state index in [0.29, 0.717) is 24.5 Å². The maximum Gasteiger partial charge on any atom is 0.268 e. The summed E-state index contributed by atoms with van der Waals surface area (Å²) in [6.07, 6.45) is 3.51. The monoisotopic (exact) mass is 413 g/mol. The van der Waals surface area contributed by atoms with Crippen molar-refractivity contribution in [1.29, 1.82) is 5.26 Å². The molecule has 1 saturated heterocycles. The van der Waals surface area contributed by atoms with Gasteiger partial charge < -0.3 is 20.9 Å². The zero-order chi connectivity index (χ0) is 22.1. The second kappa shape index (κ2) is 8.50. The fourth-order valence-electron chi connectivity index (χ4n) is 4.02. The van der Waals surface area contributed by atoms with Gasteiger partial charge in [-0.25, -0.2) is 0 Å². The number of aromatic nitrogens is 1. The van der Waals surface area contributed by atoms with Crippen molar-refractivity contribution in [1.82, 2.24) is 20.9 Å². The topological polar surface area (TPSA) is 127 Å². The van der Waals surface area contributed by atoms with Crippen molar-refractivity contribution in [2.24, 2.45) is 11.8 Å². The minimum Gasteiger partial charge on any atom is -0.354 e. The number of aromatic amines is 1. The molecule has 0 aromatic carbocycles. The standard InChI is InChI=1S/C22H31N5O3/c1-12-7-17(24-13(12)2)21(30)26-18(8-14-5-6-14)20(29)25-16(11-23)9-15-10-22(3,4)27-19(15)28/h7,14-16,18,24H,5-6,8-10H2,1-4H3,(H,25,29)(H,26,30)(H,27,28). The first kappa shape index (κ1) is 21.9. The fraction of sp³-hybridized carbons (Fsp3) is 0.636. The summed E-state index contributed by atoms with van der Waals surface area (Å²) in [5.74, 6) is -0.701. The molecule has 0 bridgehead atoms. The predicted molar refractivity (Wildman–Crippen MR) is 111 cm³/mol. The van der Waals surface area contributed by atoms with Gasteiger partial charge in [-0.3, -0.25) is 14.4 Å². The highest BCUT2D eigenvalue weighted by Gasteiger charge is 2.39. The molecule has 1 aromatic rings. The lowest BCUT2D eigenvalue weighted by Gasteiger charge is -2.21. The zero-order valence-electron chi connectivity index (χ0n) is 18.1. The van der Waals surface area contributed by atoms with Gasteiger partial charge in [-0.05, 0) is 64.5 Å². The molecule has 2 heterocycles. The van der Waals surface area contributed by atoms with E-state index in [9.17, 15) is 19.6 Å². The normalized spacial score (nSPS) is 22.0. The number of rotatable bonds is 8. The Morgan fingerprint density at radius 1 is 1.27 bits per heavy atom. The molecule has 1 aromatic heterocycles. The van der Waals surface area contributed by atoms with Gasteiger partial charge >= 0.3 is 0 Å². The van der Waals surface area contributed by atoms with Crippen LogP contribution >= 0.6 is 0 Å². The third-order valence-corrected chi connectivity index (χ3v) is 5.99. The molecule has 1 aliphatic carbocycles. The predicted octanol–water partition coefficient (Wildman–Crippen LogP) is 1.84. The molecule has 1 aliphatic heterocycles. The summed E-state index contributed by atoms with van der Waals surface area (Å²) in [5.41, 5.74) is 2.00. The number of nitrogens with one attached hydrogen (secondary N) is 4. The Hall–Kier alpha value is -2.82. The summed E-state index contributed by atoms with van der Waals surface area (Å²) >= 11 is 0. The molecule has 8 nitrogen and oxygen atoms in total. The molecule has 2 fully saturated rings. The van der Waals surface area contributed by atoms with E-state index < -0.39 is 12.1 Å². The Kier molecular flexibility index (Phi) is 6.20. The molecule has 0 radical (unpaired) electrons. The SMILES string of the molecule is Cc1cc(C(=O)NC(CC2CC2)C(=O)NC(C#N)CC2CC(C)(C)NC2=O)[nH]c1C. The van der Waals surface area contributed by atoms with Crippen LogP contribution in [-0.2, 0) is 9.59 Å². The second-order valence-corrected chi connectivity index (χ2v) is 9.40. The van der Waals surface area contributed by atoms with Crippen LogP contribution in [0.2, 0.25) is 0 Å². The number of nitriles is 1. The Bertz CT molecular complexity index is 858. The maximum absolute atomic E-state index is 12.9. The van der Waals surface area contributed by atoms with Crippen LogP contribution in [0.15, 0.2) is 6.07 Å². The molecule has 1 saturated carbocycles. The number of carbonyl (C=O) groups excluding carboxylic acids is 3. The lowest BCUT2D eigenvalue weighted by atomic mass is 9.92. The molecule has 30 heavy (non-hydrogen) atoms. The van der Waals surface area contributed by atoms with Gasteiger partial charge in [-0.2, -0.15) is 5.26 Å². The molecular weight excluding hydrogens is 382 g/mol. The van der Waals surface area contributed by atoms with Gasteiger partial charge in [-0.1, -0.05) is 12.8 Å². The minimum atomic E-state index is -0.782.